The molecule has 36 heavy (non-hydrogen) atoms. The summed E-state index contributed by atoms with van der Waals surface area (Å²) in [6.45, 7) is 0.180. The van der Waals surface area contributed by atoms with E-state index in [2.05, 4.69) is 0 Å². The molecule has 6 rings (SSSR count). The molecule has 0 spiro atoms. The molecule has 1 amide bonds. The summed E-state index contributed by atoms with van der Waals surface area (Å²) in [6, 6.07) is 11.9. The monoisotopic (exact) mass is 493 g/mol. The average molecular weight is 494 g/mol. The molecule has 3 aromatic rings. The molecule has 3 heterocycles. The lowest BCUT2D eigenvalue weighted by Gasteiger charge is -2.43. The molecule has 0 saturated heterocycles. The van der Waals surface area contributed by atoms with Gasteiger partial charge in [0.1, 0.15) is 19.3 Å². The number of halogens is 2. The molecule has 9 heteroatoms. The van der Waals surface area contributed by atoms with E-state index in [1.165, 1.54) is 41.1 Å². The SMILES string of the molecule is C1CC1.O=C1c2c(O)c(=O)ccn2N2CN1C/C=C/COc1c(ccc(F)c1F)C2c1ccccc1. The standard InChI is InChI=1S/C24H19F2N3O4.C3H6/c25-17-9-8-16-20(15-6-2-1-3-7-15)29-14-27(11-4-5-13-33-23(16)19(17)26)24(32)21-22(31)18(30)10-12-28(21)29;1-2-3-1/h1-10,12,20,31H,11,13-14H2;1-3H2/b5-4+;. The van der Waals surface area contributed by atoms with Gasteiger partial charge in [0.05, 0.1) is 0 Å². The largest absolute Gasteiger partial charge is 0.502 e. The van der Waals surface area contributed by atoms with Crippen LogP contribution in [-0.2, 0) is 0 Å². The van der Waals surface area contributed by atoms with Crippen LogP contribution in [0.25, 0.3) is 0 Å². The van der Waals surface area contributed by atoms with Gasteiger partial charge in [0.25, 0.3) is 5.91 Å². The Labute approximate surface area is 206 Å². The predicted octanol–water partition coefficient (Wildman–Crippen LogP) is 4.09. The van der Waals surface area contributed by atoms with Crippen LogP contribution in [-0.4, -0.2) is 40.4 Å². The van der Waals surface area contributed by atoms with E-state index in [0.29, 0.717) is 11.1 Å². The molecular formula is C27H25F2N3O4. The molecule has 2 bridgehead atoms. The molecule has 1 unspecified atom stereocenters. The van der Waals surface area contributed by atoms with Gasteiger partial charge >= 0.3 is 0 Å². The second-order valence-electron chi connectivity index (χ2n) is 8.77. The Morgan fingerprint density at radius 1 is 0.944 bits per heavy atom. The summed E-state index contributed by atoms with van der Waals surface area (Å²) in [7, 11) is 0. The van der Waals surface area contributed by atoms with Crippen molar-refractivity contribution in [1.29, 1.82) is 0 Å². The number of aromatic hydroxyl groups is 1. The van der Waals surface area contributed by atoms with Crippen LogP contribution < -0.4 is 15.2 Å². The van der Waals surface area contributed by atoms with E-state index in [0.717, 1.165) is 12.1 Å². The Kier molecular flexibility index (Phi) is 6.45. The van der Waals surface area contributed by atoms with Crippen molar-refractivity contribution in [3.05, 3.63) is 106 Å². The van der Waals surface area contributed by atoms with Crippen LogP contribution in [0.15, 0.2) is 71.7 Å². The minimum absolute atomic E-state index is 0.0348. The van der Waals surface area contributed by atoms with Gasteiger partial charge in [-0.15, -0.1) is 0 Å². The summed E-state index contributed by atoms with van der Waals surface area (Å²) >= 11 is 0. The minimum Gasteiger partial charge on any atom is -0.502 e. The van der Waals surface area contributed by atoms with Crippen molar-refractivity contribution in [2.75, 3.05) is 24.8 Å². The highest BCUT2D eigenvalue weighted by molar-refractivity contribution is 5.96. The molecule has 1 aliphatic carbocycles. The fourth-order valence-corrected chi connectivity index (χ4v) is 4.19. The molecule has 1 fully saturated rings. The number of benzene rings is 2. The highest BCUT2D eigenvalue weighted by Crippen LogP contribution is 2.38. The molecule has 1 N–H and O–H groups in total. The van der Waals surface area contributed by atoms with E-state index in [-0.39, 0.29) is 31.3 Å². The fraction of sp³-hybridized carbons (Fsp3) is 0.259. The third-order valence-corrected chi connectivity index (χ3v) is 6.09. The zero-order valence-corrected chi connectivity index (χ0v) is 19.4. The van der Waals surface area contributed by atoms with Gasteiger partial charge in [-0.25, -0.2) is 4.39 Å². The zero-order chi connectivity index (χ0) is 25.2. The second-order valence-corrected chi connectivity index (χ2v) is 8.77. The van der Waals surface area contributed by atoms with Crippen LogP contribution in [0.3, 0.4) is 0 Å². The van der Waals surface area contributed by atoms with Gasteiger partial charge in [0.15, 0.2) is 23.0 Å². The molecule has 1 aromatic heterocycles. The Balaban J connectivity index is 0.000000828. The smallest absolute Gasteiger partial charge is 0.278 e. The summed E-state index contributed by atoms with van der Waals surface area (Å²) in [5.41, 5.74) is 0.143. The van der Waals surface area contributed by atoms with Crippen LogP contribution in [0.4, 0.5) is 8.78 Å². The maximum Gasteiger partial charge on any atom is 0.278 e. The normalized spacial score (nSPS) is 19.1. The van der Waals surface area contributed by atoms with E-state index in [4.69, 9.17) is 4.74 Å². The number of rotatable bonds is 1. The maximum atomic E-state index is 14.9. The summed E-state index contributed by atoms with van der Waals surface area (Å²) < 4.78 is 36.1. The lowest BCUT2D eigenvalue weighted by atomic mass is 9.96. The Morgan fingerprint density at radius 3 is 2.42 bits per heavy atom. The summed E-state index contributed by atoms with van der Waals surface area (Å²) in [5.74, 6) is -3.61. The first kappa shape index (κ1) is 23.6. The van der Waals surface area contributed by atoms with Crippen molar-refractivity contribution >= 4 is 5.91 Å². The molecule has 1 saturated carbocycles. The van der Waals surface area contributed by atoms with Gasteiger partial charge in [0, 0.05) is 24.4 Å². The van der Waals surface area contributed by atoms with Crippen LogP contribution >= 0.6 is 0 Å². The average Bonchev–Trinajstić information content (AvgIpc) is 3.76. The quantitative estimate of drug-likeness (QED) is 0.517. The van der Waals surface area contributed by atoms with Gasteiger partial charge in [-0.1, -0.05) is 55.7 Å². The number of amides is 1. The fourth-order valence-electron chi connectivity index (χ4n) is 4.19. The van der Waals surface area contributed by atoms with Gasteiger partial charge in [-0.05, 0) is 23.8 Å². The third kappa shape index (κ3) is 4.44. The molecule has 2 aliphatic heterocycles. The highest BCUT2D eigenvalue weighted by atomic mass is 19.2. The van der Waals surface area contributed by atoms with Crippen molar-refractivity contribution in [3.8, 4) is 11.5 Å². The molecule has 1 atom stereocenters. The van der Waals surface area contributed by atoms with Gasteiger partial charge in [-0.3, -0.25) is 19.3 Å². The van der Waals surface area contributed by atoms with Crippen molar-refractivity contribution in [1.82, 2.24) is 9.58 Å². The van der Waals surface area contributed by atoms with Gasteiger partial charge in [0.2, 0.25) is 11.2 Å². The van der Waals surface area contributed by atoms with Crippen LogP contribution in [0, 0.1) is 11.6 Å². The molecule has 3 aliphatic rings. The molecule has 7 nitrogen and oxygen atoms in total. The first-order chi connectivity index (χ1) is 17.5. The highest BCUT2D eigenvalue weighted by Gasteiger charge is 2.38. The summed E-state index contributed by atoms with van der Waals surface area (Å²) in [4.78, 5) is 26.7. The Bertz CT molecular complexity index is 1370. The number of nitrogens with zero attached hydrogens (tertiary/aromatic N) is 3. The lowest BCUT2D eigenvalue weighted by Crippen LogP contribution is -2.55. The summed E-state index contributed by atoms with van der Waals surface area (Å²) in [6.07, 6.45) is 9.14. The number of hydrogen-bond donors (Lipinski definition) is 1. The summed E-state index contributed by atoms with van der Waals surface area (Å²) in [5, 5.41) is 12.2. The number of carbonyl (C=O) groups excluding carboxylic acids is 1. The molecular weight excluding hydrogens is 468 g/mol. The van der Waals surface area contributed by atoms with E-state index >= 15 is 0 Å². The maximum absolute atomic E-state index is 14.9. The Morgan fingerprint density at radius 2 is 1.69 bits per heavy atom. The van der Waals surface area contributed by atoms with Gasteiger partial charge < -0.3 is 14.7 Å². The van der Waals surface area contributed by atoms with Crippen molar-refractivity contribution in [2.24, 2.45) is 0 Å². The van der Waals surface area contributed by atoms with E-state index in [1.807, 2.05) is 18.2 Å². The first-order valence-electron chi connectivity index (χ1n) is 11.8. The number of pyridine rings is 1. The van der Waals surface area contributed by atoms with Crippen molar-refractivity contribution in [2.45, 2.75) is 25.3 Å². The molecule has 0 radical (unpaired) electrons. The van der Waals surface area contributed by atoms with E-state index < -0.39 is 34.8 Å². The topological polar surface area (TPSA) is 75.0 Å². The minimum atomic E-state index is -1.12. The van der Waals surface area contributed by atoms with E-state index in [9.17, 15) is 23.5 Å². The lowest BCUT2D eigenvalue weighted by molar-refractivity contribution is 0.0701. The molecule has 2 aromatic carbocycles. The predicted molar refractivity (Wildman–Crippen MR) is 130 cm³/mol. The van der Waals surface area contributed by atoms with Crippen LogP contribution in [0.5, 0.6) is 11.5 Å². The number of ether oxygens (including phenoxy) is 1. The third-order valence-electron chi connectivity index (χ3n) is 6.09. The van der Waals surface area contributed by atoms with Crippen molar-refractivity contribution in [3.63, 3.8) is 0 Å². The zero-order valence-electron chi connectivity index (χ0n) is 19.4. The first-order valence-corrected chi connectivity index (χ1v) is 11.8. The number of fused-ring (bicyclic) bond motifs is 5. The molecule has 186 valence electrons. The van der Waals surface area contributed by atoms with E-state index in [1.54, 1.807) is 29.3 Å². The van der Waals surface area contributed by atoms with Gasteiger partial charge in [-0.2, -0.15) is 4.39 Å². The second kappa shape index (κ2) is 9.85. The van der Waals surface area contributed by atoms with Crippen LogP contribution in [0.2, 0.25) is 0 Å². The van der Waals surface area contributed by atoms with Crippen LogP contribution in [0.1, 0.15) is 46.9 Å². The number of aromatic nitrogens is 1. The van der Waals surface area contributed by atoms with Crippen molar-refractivity contribution < 1.29 is 23.4 Å². The number of carbonyl (C=O) groups is 1. The number of hydrogen-bond acceptors (Lipinski definition) is 5. The Hall–Kier alpha value is -4.14.